The van der Waals surface area contributed by atoms with Gasteiger partial charge in [0.2, 0.25) is 0 Å². The van der Waals surface area contributed by atoms with Crippen molar-refractivity contribution in [3.05, 3.63) is 10.4 Å². The van der Waals surface area contributed by atoms with Crippen molar-refractivity contribution < 1.29 is 0 Å². The molecule has 0 aliphatic carbocycles. The Hall–Kier alpha value is -0.280. The molecule has 44 valence electrons. The van der Waals surface area contributed by atoms with E-state index in [1.807, 2.05) is 0 Å². The third-order valence-corrected chi connectivity index (χ3v) is 0.197. The highest BCUT2D eigenvalue weighted by atomic mass is 16.7. The smallest absolute Gasteiger partial charge is 0.185 e. The number of hydrogen-bond donors (Lipinski definition) is 3. The van der Waals surface area contributed by atoms with Gasteiger partial charge in [0.05, 0.1) is 0 Å². The molecule has 0 saturated heterocycles. The molecule has 7 heteroatoms. The molecule has 5 N–H and O–H groups in total. The van der Waals surface area contributed by atoms with Crippen molar-refractivity contribution in [3.8, 4) is 0 Å². The van der Waals surface area contributed by atoms with E-state index in [1.54, 1.807) is 0 Å². The fourth-order valence-electron chi connectivity index (χ4n) is 0.0971. The lowest BCUT2D eigenvalue weighted by Crippen LogP contribution is -2.50. The molecule has 0 spiro atoms. The van der Waals surface area contributed by atoms with Gasteiger partial charge in [-0.25, -0.2) is 10.6 Å². The van der Waals surface area contributed by atoms with E-state index < -0.39 is 0 Å². The molecule has 0 unspecified atom stereocenters. The molecule has 7 heavy (non-hydrogen) atoms. The second kappa shape index (κ2) is 2.82. The second-order valence-electron chi connectivity index (χ2n) is 0.752. The van der Waals surface area contributed by atoms with Crippen LogP contribution in [-0.2, 0) is 0 Å². The van der Waals surface area contributed by atoms with Gasteiger partial charge in [-0.1, -0.05) is 0 Å². The largest absolute Gasteiger partial charge is 0.757 e. The summed E-state index contributed by atoms with van der Waals surface area (Å²) in [5, 5.41) is 18.4. The van der Waals surface area contributed by atoms with Crippen LogP contribution in [0.4, 0.5) is 0 Å². The van der Waals surface area contributed by atoms with Crippen LogP contribution >= 0.6 is 0 Å². The molecule has 7 nitrogen and oxygen atoms in total. The highest BCUT2D eigenvalue weighted by Gasteiger charge is 1.72. The predicted octanol–water partition coefficient (Wildman–Crippen LogP) is -2.25. The van der Waals surface area contributed by atoms with Crippen molar-refractivity contribution in [1.29, 1.82) is 0 Å². The van der Waals surface area contributed by atoms with Gasteiger partial charge < -0.3 is 10.4 Å². The minimum absolute atomic E-state index is 0.312. The molecular weight excluding hydrogens is 102 g/mol. The molecule has 0 radical (unpaired) electrons. The van der Waals surface area contributed by atoms with Gasteiger partial charge in [-0.15, -0.1) is 0 Å². The third kappa shape index (κ3) is 5.72. The number of nitrogens with two attached hydrogens (primary N) is 2. The fraction of sp³-hybridized carbons (Fsp3) is 0. The quantitative estimate of drug-likeness (QED) is 0.269. The first-order valence-corrected chi connectivity index (χ1v) is 1.33. The Labute approximate surface area is 39.5 Å². The Morgan fingerprint density at radius 3 is 1.43 bits per heavy atom. The van der Waals surface area contributed by atoms with Gasteiger partial charge in [0.1, 0.15) is 0 Å². The zero-order valence-electron chi connectivity index (χ0n) is 3.37. The fourth-order valence-corrected chi connectivity index (χ4v) is 0.0971. The molecule has 0 aromatic rings. The van der Waals surface area contributed by atoms with Crippen LogP contribution in [0.1, 0.15) is 0 Å². The molecule has 0 saturated carbocycles. The number of hydrogen-bond acceptors (Lipinski definition) is 7. The van der Waals surface area contributed by atoms with Crippen molar-refractivity contribution in [1.82, 2.24) is 16.1 Å². The summed E-state index contributed by atoms with van der Waals surface area (Å²) >= 11 is 0. The van der Waals surface area contributed by atoms with Crippen molar-refractivity contribution >= 4 is 0 Å². The number of nitrogens with zero attached hydrogens (tertiary/aromatic N) is 2. The van der Waals surface area contributed by atoms with E-state index in [2.05, 4.69) is 11.7 Å². The molecule has 0 aliphatic heterocycles. The van der Waals surface area contributed by atoms with Crippen LogP contribution in [0.2, 0.25) is 0 Å². The Morgan fingerprint density at radius 1 is 1.14 bits per heavy atom. The first-order valence-electron chi connectivity index (χ1n) is 1.33. The monoisotopic (exact) mass is 107 g/mol. The highest BCUT2D eigenvalue weighted by molar-refractivity contribution is 4.32. The maximum absolute atomic E-state index is 9.52. The van der Waals surface area contributed by atoms with E-state index in [1.165, 1.54) is 5.53 Å². The van der Waals surface area contributed by atoms with Gasteiger partial charge in [0.25, 0.3) is 0 Å². The van der Waals surface area contributed by atoms with Gasteiger partial charge in [0.15, 0.2) is 0 Å². The normalized spacial score (nSPS) is 11.1. The van der Waals surface area contributed by atoms with Gasteiger partial charge in [-0.05, 0) is 0 Å². The van der Waals surface area contributed by atoms with E-state index >= 15 is 0 Å². The summed E-state index contributed by atoms with van der Waals surface area (Å²) in [5.74, 6) is 8.68. The minimum atomic E-state index is -0.312. The summed E-state index contributed by atoms with van der Waals surface area (Å²) < 4.78 is 0. The first kappa shape index (κ1) is 6.72. The average molecular weight is 107 g/mol. The van der Waals surface area contributed by atoms with Crippen LogP contribution in [-0.4, -0.2) is 10.6 Å². The highest BCUT2D eigenvalue weighted by Crippen LogP contribution is 1.59. The Morgan fingerprint density at radius 2 is 1.43 bits per heavy atom. The molecule has 0 amide bonds. The van der Waals surface area contributed by atoms with E-state index in [0.717, 1.165) is 0 Å². The van der Waals surface area contributed by atoms with Crippen LogP contribution in [0.15, 0.2) is 0 Å². The molecule has 0 aromatic heterocycles. The van der Waals surface area contributed by atoms with Gasteiger partial charge in [-0.3, -0.25) is 11.7 Å². The zero-order valence-corrected chi connectivity index (χ0v) is 3.37. The van der Waals surface area contributed by atoms with Gasteiger partial charge in [0, 0.05) is 0 Å². The van der Waals surface area contributed by atoms with E-state index in [-0.39, 0.29) is 10.6 Å². The zero-order chi connectivity index (χ0) is 5.86. The van der Waals surface area contributed by atoms with Crippen LogP contribution in [0.25, 0.3) is 0 Å². The Balaban J connectivity index is 2.95. The van der Waals surface area contributed by atoms with Crippen LogP contribution in [0.3, 0.4) is 0 Å². The lowest BCUT2D eigenvalue weighted by Gasteiger charge is -2.31. The summed E-state index contributed by atoms with van der Waals surface area (Å²) in [4.78, 5) is 0. The van der Waals surface area contributed by atoms with Crippen molar-refractivity contribution in [2.45, 2.75) is 0 Å². The summed E-state index contributed by atoms with van der Waals surface area (Å²) in [7, 11) is 0. The number of hydrazine groups is 4. The van der Waals surface area contributed by atoms with Crippen molar-refractivity contribution in [3.63, 3.8) is 0 Å². The van der Waals surface area contributed by atoms with E-state index in [9.17, 15) is 10.4 Å². The van der Waals surface area contributed by atoms with Gasteiger partial charge >= 0.3 is 0 Å². The molecule has 0 aromatic carbocycles. The average Bonchev–Trinajstić information content (AvgIpc) is 1.27. The molecule has 0 fully saturated rings. The molecule has 0 bridgehead atoms. The standard InChI is InChI=1S/H5N5O2/c1-4(6)3-5(2)7/h3H,1-2H2/q-2. The Kier molecular flexibility index (Phi) is 2.71. The molecule has 0 rings (SSSR count). The number of rotatable bonds is 2. The van der Waals surface area contributed by atoms with Crippen LogP contribution < -0.4 is 17.2 Å². The van der Waals surface area contributed by atoms with Crippen LogP contribution in [0, 0.1) is 10.4 Å². The predicted molar refractivity (Wildman–Crippen MR) is 21.9 cm³/mol. The Bertz CT molecular complexity index is 35.3. The summed E-state index contributed by atoms with van der Waals surface area (Å²) in [6.45, 7) is 0. The topological polar surface area (TPSA) is 117 Å². The maximum Gasteiger partial charge on any atom is -0.185 e. The summed E-state index contributed by atoms with van der Waals surface area (Å²) in [5.41, 5.74) is 1.42. The van der Waals surface area contributed by atoms with Gasteiger partial charge in [-0.2, -0.15) is 5.53 Å². The van der Waals surface area contributed by atoms with Crippen molar-refractivity contribution in [2.24, 2.45) is 11.7 Å². The SMILES string of the molecule is NN([O-])NN(N)[O-]. The maximum atomic E-state index is 9.52. The third-order valence-electron chi connectivity index (χ3n) is 0.197. The summed E-state index contributed by atoms with van der Waals surface area (Å²) in [6.07, 6.45) is 0. The molecule has 0 aliphatic rings. The molecule has 0 heterocycles. The number of nitrogens with one attached hydrogen (secondary N) is 1. The van der Waals surface area contributed by atoms with E-state index in [0.29, 0.717) is 0 Å². The van der Waals surface area contributed by atoms with Crippen molar-refractivity contribution in [2.75, 3.05) is 0 Å². The molecular formula is H5N5O2-2. The minimum Gasteiger partial charge on any atom is -0.757 e. The second-order valence-corrected chi connectivity index (χ2v) is 0.752. The first-order chi connectivity index (χ1) is 3.13. The lowest BCUT2D eigenvalue weighted by molar-refractivity contribution is 0.104. The van der Waals surface area contributed by atoms with E-state index in [4.69, 9.17) is 0 Å². The molecule has 0 atom stereocenters. The summed E-state index contributed by atoms with van der Waals surface area (Å²) in [6, 6.07) is 0. The lowest BCUT2D eigenvalue weighted by atomic mass is 12.1. The van der Waals surface area contributed by atoms with Crippen LogP contribution in [0.5, 0.6) is 0 Å².